The van der Waals surface area contributed by atoms with Gasteiger partial charge in [-0.15, -0.1) is 0 Å². The van der Waals surface area contributed by atoms with Gasteiger partial charge in [0.05, 0.1) is 0 Å². The third kappa shape index (κ3) is 3.22. The van der Waals surface area contributed by atoms with Crippen LogP contribution in [0, 0.1) is 3.57 Å². The Morgan fingerprint density at radius 3 is 2.86 bits per heavy atom. The molecule has 0 aromatic heterocycles. The maximum atomic E-state index is 8.74. The molecule has 0 aliphatic heterocycles. The van der Waals surface area contributed by atoms with E-state index in [9.17, 15) is 0 Å². The summed E-state index contributed by atoms with van der Waals surface area (Å²) in [7, 11) is 0. The Hall–Kier alpha value is -0.130. The molecule has 1 aromatic carbocycles. The number of aryl methyl sites for hydroxylation is 1. The smallest absolute Gasteiger partial charge is 0.0471 e. The molecule has 0 unspecified atom stereocenters. The van der Waals surface area contributed by atoms with Gasteiger partial charge in [-0.25, -0.2) is 5.48 Å². The lowest BCUT2D eigenvalue weighted by molar-refractivity contribution is 0.160. The normalized spacial score (nSPS) is 10.5. The number of nitrogens with one attached hydrogen (secondary N) is 1. The van der Waals surface area contributed by atoms with Gasteiger partial charge in [-0.3, -0.25) is 0 Å². The van der Waals surface area contributed by atoms with Crippen molar-refractivity contribution < 1.29 is 5.21 Å². The van der Waals surface area contributed by atoms with Crippen LogP contribution in [0.2, 0.25) is 0 Å². The molecule has 0 fully saturated rings. The molecule has 3 heteroatoms. The number of hydrogen-bond donors (Lipinski definition) is 2. The Labute approximate surface area is 98.8 Å². The van der Waals surface area contributed by atoms with E-state index in [1.807, 2.05) is 0 Å². The largest absolute Gasteiger partial charge is 0.316 e. The van der Waals surface area contributed by atoms with Gasteiger partial charge in [0.25, 0.3) is 0 Å². The van der Waals surface area contributed by atoms with Crippen molar-refractivity contribution in [1.29, 1.82) is 0 Å². The Morgan fingerprint density at radius 2 is 2.21 bits per heavy atom. The molecule has 0 radical (unpaired) electrons. The van der Waals surface area contributed by atoms with Gasteiger partial charge >= 0.3 is 0 Å². The first-order valence-corrected chi connectivity index (χ1v) is 6.00. The average molecular weight is 305 g/mol. The van der Waals surface area contributed by atoms with E-state index >= 15 is 0 Å². The first-order valence-electron chi connectivity index (χ1n) is 4.92. The molecule has 2 N–H and O–H groups in total. The summed E-state index contributed by atoms with van der Waals surface area (Å²) in [5, 5.41) is 8.74. The summed E-state index contributed by atoms with van der Waals surface area (Å²) in [5.41, 5.74) is 4.81. The Morgan fingerprint density at radius 1 is 1.43 bits per heavy atom. The molecule has 0 spiro atoms. The Kier molecular flexibility index (Phi) is 5.44. The first kappa shape index (κ1) is 11.9. The van der Waals surface area contributed by atoms with Gasteiger partial charge in [0, 0.05) is 10.1 Å². The van der Waals surface area contributed by atoms with Crippen LogP contribution in [0.1, 0.15) is 30.9 Å². The van der Waals surface area contributed by atoms with Crippen molar-refractivity contribution in [2.24, 2.45) is 0 Å². The Bertz CT molecular complexity index is 289. The standard InChI is InChI=1S/C11H16INO/c1-2-3-5-9-6-4-7-11(12)10(9)8-13-14/h4,6-7,13-14H,2-3,5,8H2,1H3. The molecule has 0 atom stereocenters. The van der Waals surface area contributed by atoms with E-state index in [0.717, 1.165) is 6.42 Å². The zero-order valence-electron chi connectivity index (χ0n) is 8.39. The lowest BCUT2D eigenvalue weighted by Gasteiger charge is -2.10. The molecule has 0 bridgehead atoms. The van der Waals surface area contributed by atoms with Crippen LogP contribution in [0.15, 0.2) is 18.2 Å². The number of hydrogen-bond acceptors (Lipinski definition) is 2. The van der Waals surface area contributed by atoms with E-state index in [1.165, 1.54) is 27.5 Å². The lowest BCUT2D eigenvalue weighted by atomic mass is 10.0. The predicted molar refractivity (Wildman–Crippen MR) is 66.4 cm³/mol. The van der Waals surface area contributed by atoms with Crippen molar-refractivity contribution in [1.82, 2.24) is 5.48 Å². The van der Waals surface area contributed by atoms with Crippen LogP contribution in [0.3, 0.4) is 0 Å². The fourth-order valence-corrected chi connectivity index (χ4v) is 2.23. The summed E-state index contributed by atoms with van der Waals surface area (Å²) >= 11 is 2.31. The highest BCUT2D eigenvalue weighted by Crippen LogP contribution is 2.18. The Balaban J connectivity index is 2.83. The molecule has 0 saturated carbocycles. The quantitative estimate of drug-likeness (QED) is 0.647. The van der Waals surface area contributed by atoms with Gasteiger partial charge in [-0.1, -0.05) is 25.5 Å². The molecule has 1 rings (SSSR count). The third-order valence-electron chi connectivity index (χ3n) is 2.27. The number of rotatable bonds is 5. The van der Waals surface area contributed by atoms with Crippen LogP contribution in [0.25, 0.3) is 0 Å². The second-order valence-electron chi connectivity index (χ2n) is 3.32. The minimum Gasteiger partial charge on any atom is -0.316 e. The van der Waals surface area contributed by atoms with Crippen LogP contribution in [0.4, 0.5) is 0 Å². The number of halogens is 1. The number of benzene rings is 1. The van der Waals surface area contributed by atoms with E-state index in [4.69, 9.17) is 5.21 Å². The minimum atomic E-state index is 0.540. The molecule has 0 saturated heterocycles. The fraction of sp³-hybridized carbons (Fsp3) is 0.455. The molecule has 0 aliphatic rings. The summed E-state index contributed by atoms with van der Waals surface area (Å²) in [6.45, 7) is 2.73. The summed E-state index contributed by atoms with van der Waals surface area (Å²) in [6.07, 6.45) is 3.51. The van der Waals surface area contributed by atoms with Gasteiger partial charge < -0.3 is 5.21 Å². The zero-order chi connectivity index (χ0) is 10.4. The molecular weight excluding hydrogens is 289 g/mol. The summed E-state index contributed by atoms with van der Waals surface area (Å²) in [5.74, 6) is 0. The van der Waals surface area contributed by atoms with E-state index in [1.54, 1.807) is 0 Å². The van der Waals surface area contributed by atoms with E-state index < -0.39 is 0 Å². The van der Waals surface area contributed by atoms with Gasteiger partial charge in [0.2, 0.25) is 0 Å². The number of unbranched alkanes of at least 4 members (excludes halogenated alkanes) is 1. The van der Waals surface area contributed by atoms with Crippen molar-refractivity contribution in [3.05, 3.63) is 32.9 Å². The second kappa shape index (κ2) is 6.37. The maximum absolute atomic E-state index is 8.74. The highest BCUT2D eigenvalue weighted by Gasteiger charge is 2.05. The van der Waals surface area contributed by atoms with Gasteiger partial charge in [0.1, 0.15) is 0 Å². The topological polar surface area (TPSA) is 32.3 Å². The molecule has 78 valence electrons. The molecular formula is C11H16INO. The van der Waals surface area contributed by atoms with Crippen LogP contribution in [-0.4, -0.2) is 5.21 Å². The van der Waals surface area contributed by atoms with Crippen LogP contribution >= 0.6 is 22.6 Å². The molecule has 0 aliphatic carbocycles. The van der Waals surface area contributed by atoms with Crippen molar-refractivity contribution in [2.75, 3.05) is 0 Å². The monoisotopic (exact) mass is 305 g/mol. The molecule has 0 heterocycles. The van der Waals surface area contributed by atoms with Crippen molar-refractivity contribution in [2.45, 2.75) is 32.7 Å². The second-order valence-corrected chi connectivity index (χ2v) is 4.48. The van der Waals surface area contributed by atoms with E-state index in [2.05, 4.69) is 53.2 Å². The van der Waals surface area contributed by atoms with E-state index in [0.29, 0.717) is 6.54 Å². The van der Waals surface area contributed by atoms with Crippen molar-refractivity contribution in [3.8, 4) is 0 Å². The summed E-state index contributed by atoms with van der Waals surface area (Å²) in [6, 6.07) is 6.29. The van der Waals surface area contributed by atoms with Crippen molar-refractivity contribution >= 4 is 22.6 Å². The lowest BCUT2D eigenvalue weighted by Crippen LogP contribution is -2.10. The molecule has 14 heavy (non-hydrogen) atoms. The van der Waals surface area contributed by atoms with Gasteiger partial charge in [-0.05, 0) is 52.6 Å². The first-order chi connectivity index (χ1) is 6.79. The van der Waals surface area contributed by atoms with Gasteiger partial charge in [0.15, 0.2) is 0 Å². The van der Waals surface area contributed by atoms with E-state index in [-0.39, 0.29) is 0 Å². The SMILES string of the molecule is CCCCc1cccc(I)c1CNO. The van der Waals surface area contributed by atoms with Gasteiger partial charge in [-0.2, -0.15) is 0 Å². The maximum Gasteiger partial charge on any atom is 0.0471 e. The third-order valence-corrected chi connectivity index (χ3v) is 3.28. The zero-order valence-corrected chi connectivity index (χ0v) is 10.5. The average Bonchev–Trinajstić information content (AvgIpc) is 2.19. The summed E-state index contributed by atoms with van der Waals surface area (Å²) < 4.78 is 1.22. The highest BCUT2D eigenvalue weighted by atomic mass is 127. The fourth-order valence-electron chi connectivity index (χ4n) is 1.48. The molecule has 2 nitrogen and oxygen atoms in total. The number of hydroxylamine groups is 1. The summed E-state index contributed by atoms with van der Waals surface area (Å²) in [4.78, 5) is 0. The van der Waals surface area contributed by atoms with Crippen LogP contribution < -0.4 is 5.48 Å². The molecule has 1 aromatic rings. The molecule has 0 amide bonds. The predicted octanol–water partition coefficient (Wildman–Crippen LogP) is 3.11. The van der Waals surface area contributed by atoms with Crippen molar-refractivity contribution in [3.63, 3.8) is 0 Å². The van der Waals surface area contributed by atoms with Crippen LogP contribution in [-0.2, 0) is 13.0 Å². The highest BCUT2D eigenvalue weighted by molar-refractivity contribution is 14.1. The minimum absolute atomic E-state index is 0.540. The van der Waals surface area contributed by atoms with Crippen LogP contribution in [0.5, 0.6) is 0 Å².